The molecule has 0 N–H and O–H groups in total. The molecule has 5 heteroatoms. The normalized spacial score (nSPS) is 15.6. The molecule has 0 spiro atoms. The Hall–Kier alpha value is -1.10. The Morgan fingerprint density at radius 3 is 1.75 bits per heavy atom. The molecule has 0 aromatic carbocycles. The van der Waals surface area contributed by atoms with Crippen LogP contribution in [0.5, 0.6) is 0 Å². The van der Waals surface area contributed by atoms with E-state index >= 15 is 0 Å². The zero-order valence-corrected chi connectivity index (χ0v) is 22.5. The standard InChI is InChI=1S/C27H52O5/c1-20(2)12-10-13-23(7)14-11-15-24(8)16-17-30-26(29)27(9,18-31-22(5)6)19-32-25(28)21(3)4/h20-24H,10-19H2,1-9H3. The maximum Gasteiger partial charge on any atom is 0.317 e. The maximum atomic E-state index is 12.8. The molecule has 3 unspecified atom stereocenters. The summed E-state index contributed by atoms with van der Waals surface area (Å²) in [6, 6.07) is 0. The van der Waals surface area contributed by atoms with E-state index in [0.29, 0.717) is 12.5 Å². The number of hydrogen-bond donors (Lipinski definition) is 0. The monoisotopic (exact) mass is 456 g/mol. The molecule has 0 bridgehead atoms. The Morgan fingerprint density at radius 1 is 0.719 bits per heavy atom. The van der Waals surface area contributed by atoms with Crippen molar-refractivity contribution in [3.63, 3.8) is 0 Å². The molecule has 0 aliphatic carbocycles. The molecule has 0 amide bonds. The highest BCUT2D eigenvalue weighted by Gasteiger charge is 2.38. The first-order chi connectivity index (χ1) is 14.9. The second-order valence-electron chi connectivity index (χ2n) is 11.1. The Morgan fingerprint density at radius 2 is 1.25 bits per heavy atom. The van der Waals surface area contributed by atoms with E-state index in [2.05, 4.69) is 27.7 Å². The van der Waals surface area contributed by atoms with E-state index in [9.17, 15) is 9.59 Å². The molecule has 0 aliphatic heterocycles. The van der Waals surface area contributed by atoms with Gasteiger partial charge in [0.15, 0.2) is 0 Å². The summed E-state index contributed by atoms with van der Waals surface area (Å²) in [7, 11) is 0. The summed E-state index contributed by atoms with van der Waals surface area (Å²) in [5, 5.41) is 0. The lowest BCUT2D eigenvalue weighted by atomic mass is 9.92. The van der Waals surface area contributed by atoms with Gasteiger partial charge in [-0.05, 0) is 44.9 Å². The Kier molecular flexibility index (Phi) is 15.9. The average Bonchev–Trinajstić information content (AvgIpc) is 2.69. The molecule has 0 aromatic rings. The lowest BCUT2D eigenvalue weighted by Crippen LogP contribution is -2.41. The van der Waals surface area contributed by atoms with Crippen molar-refractivity contribution in [3.05, 3.63) is 0 Å². The Bertz CT molecular complexity index is 514. The second kappa shape index (κ2) is 16.5. The molecular formula is C27H52O5. The molecule has 0 aliphatic rings. The van der Waals surface area contributed by atoms with Crippen LogP contribution in [0.15, 0.2) is 0 Å². The lowest BCUT2D eigenvalue weighted by Gasteiger charge is -2.28. The number of carbonyl (C=O) groups excluding carboxylic acids is 2. The molecule has 0 aromatic heterocycles. The van der Waals surface area contributed by atoms with Crippen LogP contribution in [0, 0.1) is 29.1 Å². The van der Waals surface area contributed by atoms with Crippen molar-refractivity contribution in [1.29, 1.82) is 0 Å². The molecule has 0 radical (unpaired) electrons. The minimum atomic E-state index is -0.997. The third kappa shape index (κ3) is 14.9. The van der Waals surface area contributed by atoms with Gasteiger partial charge in [-0.25, -0.2) is 0 Å². The van der Waals surface area contributed by atoms with Gasteiger partial charge in [0.1, 0.15) is 12.0 Å². The van der Waals surface area contributed by atoms with Gasteiger partial charge in [0.25, 0.3) is 0 Å². The first-order valence-electron chi connectivity index (χ1n) is 12.8. The van der Waals surface area contributed by atoms with E-state index in [0.717, 1.165) is 24.7 Å². The number of carbonyl (C=O) groups is 2. The Labute approximate surface area is 198 Å². The zero-order valence-electron chi connectivity index (χ0n) is 22.5. The smallest absolute Gasteiger partial charge is 0.317 e. The van der Waals surface area contributed by atoms with Crippen molar-refractivity contribution in [2.24, 2.45) is 29.1 Å². The molecule has 0 saturated heterocycles. The van der Waals surface area contributed by atoms with Crippen molar-refractivity contribution >= 4 is 11.9 Å². The number of esters is 2. The predicted octanol–water partition coefficient (Wildman–Crippen LogP) is 6.82. The van der Waals surface area contributed by atoms with E-state index in [1.54, 1.807) is 20.8 Å². The molecular weight excluding hydrogens is 404 g/mol. The van der Waals surface area contributed by atoms with Crippen LogP contribution in [-0.2, 0) is 23.8 Å². The molecule has 5 nitrogen and oxygen atoms in total. The van der Waals surface area contributed by atoms with Gasteiger partial charge < -0.3 is 14.2 Å². The number of ether oxygens (including phenoxy) is 3. The summed E-state index contributed by atoms with van der Waals surface area (Å²) < 4.78 is 16.6. The SMILES string of the molecule is CC(C)CCCC(C)CCCC(C)CCOC(=O)C(C)(COC(=O)C(C)C)COC(C)C. The third-order valence-corrected chi connectivity index (χ3v) is 5.95. The predicted molar refractivity (Wildman–Crippen MR) is 131 cm³/mol. The summed E-state index contributed by atoms with van der Waals surface area (Å²) in [5.41, 5.74) is -0.997. The quantitative estimate of drug-likeness (QED) is 0.212. The van der Waals surface area contributed by atoms with Crippen LogP contribution < -0.4 is 0 Å². The van der Waals surface area contributed by atoms with Crippen LogP contribution in [0.2, 0.25) is 0 Å². The van der Waals surface area contributed by atoms with Gasteiger partial charge >= 0.3 is 11.9 Å². The molecule has 190 valence electrons. The highest BCUT2D eigenvalue weighted by molar-refractivity contribution is 5.78. The highest BCUT2D eigenvalue weighted by Crippen LogP contribution is 2.23. The van der Waals surface area contributed by atoms with Crippen LogP contribution in [0.1, 0.15) is 107 Å². The molecule has 0 saturated carbocycles. The van der Waals surface area contributed by atoms with E-state index in [-0.39, 0.29) is 37.2 Å². The van der Waals surface area contributed by atoms with Crippen LogP contribution in [-0.4, -0.2) is 37.9 Å². The van der Waals surface area contributed by atoms with Gasteiger partial charge in [0.2, 0.25) is 0 Å². The first kappa shape index (κ1) is 30.9. The fraction of sp³-hybridized carbons (Fsp3) is 0.926. The topological polar surface area (TPSA) is 61.8 Å². The van der Waals surface area contributed by atoms with Crippen molar-refractivity contribution in [3.8, 4) is 0 Å². The molecule has 3 atom stereocenters. The van der Waals surface area contributed by atoms with Crippen molar-refractivity contribution in [1.82, 2.24) is 0 Å². The van der Waals surface area contributed by atoms with E-state index in [4.69, 9.17) is 14.2 Å². The highest BCUT2D eigenvalue weighted by atomic mass is 16.6. The summed E-state index contributed by atoms with van der Waals surface area (Å²) >= 11 is 0. The molecule has 32 heavy (non-hydrogen) atoms. The van der Waals surface area contributed by atoms with Gasteiger partial charge in [-0.1, -0.05) is 80.1 Å². The van der Waals surface area contributed by atoms with Crippen molar-refractivity contribution in [2.75, 3.05) is 19.8 Å². The average molecular weight is 457 g/mol. The van der Waals surface area contributed by atoms with Crippen LogP contribution in [0.3, 0.4) is 0 Å². The number of hydrogen-bond acceptors (Lipinski definition) is 5. The van der Waals surface area contributed by atoms with E-state index in [1.807, 2.05) is 13.8 Å². The van der Waals surface area contributed by atoms with Crippen LogP contribution in [0.25, 0.3) is 0 Å². The lowest BCUT2D eigenvalue weighted by molar-refractivity contribution is -0.169. The van der Waals surface area contributed by atoms with Crippen molar-refractivity contribution in [2.45, 2.75) is 113 Å². The van der Waals surface area contributed by atoms with Crippen molar-refractivity contribution < 1.29 is 23.8 Å². The summed E-state index contributed by atoms with van der Waals surface area (Å²) in [6.07, 6.45) is 8.46. The number of rotatable bonds is 18. The second-order valence-corrected chi connectivity index (χ2v) is 11.1. The minimum Gasteiger partial charge on any atom is -0.465 e. The molecule has 0 fully saturated rings. The van der Waals surface area contributed by atoms with Gasteiger partial charge in [0.05, 0.1) is 25.2 Å². The molecule has 0 heterocycles. The van der Waals surface area contributed by atoms with E-state index < -0.39 is 5.41 Å². The maximum absolute atomic E-state index is 12.8. The Balaban J connectivity index is 4.37. The van der Waals surface area contributed by atoms with Gasteiger partial charge in [-0.3, -0.25) is 9.59 Å². The fourth-order valence-corrected chi connectivity index (χ4v) is 3.41. The van der Waals surface area contributed by atoms with E-state index in [1.165, 1.54) is 32.1 Å². The largest absolute Gasteiger partial charge is 0.465 e. The molecule has 0 rings (SSSR count). The van der Waals surface area contributed by atoms with Gasteiger partial charge in [-0.2, -0.15) is 0 Å². The van der Waals surface area contributed by atoms with Crippen LogP contribution >= 0.6 is 0 Å². The van der Waals surface area contributed by atoms with Gasteiger partial charge in [0, 0.05) is 0 Å². The van der Waals surface area contributed by atoms with Crippen LogP contribution in [0.4, 0.5) is 0 Å². The summed E-state index contributed by atoms with van der Waals surface area (Å²) in [4.78, 5) is 24.7. The summed E-state index contributed by atoms with van der Waals surface area (Å²) in [6.45, 7) is 18.8. The third-order valence-electron chi connectivity index (χ3n) is 5.95. The first-order valence-corrected chi connectivity index (χ1v) is 12.8. The summed E-state index contributed by atoms with van der Waals surface area (Å²) in [5.74, 6) is 1.18. The van der Waals surface area contributed by atoms with Gasteiger partial charge in [-0.15, -0.1) is 0 Å². The fourth-order valence-electron chi connectivity index (χ4n) is 3.41. The minimum absolute atomic E-state index is 0.0179. The zero-order chi connectivity index (χ0) is 24.7.